The SMILES string of the molecule is CC(C)(C)CC(Br)CNC(=O)C1COc2ccccc2O1. The van der Waals surface area contributed by atoms with Crippen molar-refractivity contribution >= 4 is 21.8 Å². The molecule has 0 saturated heterocycles. The molecule has 1 aliphatic rings. The number of hydrogen-bond acceptors (Lipinski definition) is 3. The Morgan fingerprint density at radius 2 is 2.05 bits per heavy atom. The smallest absolute Gasteiger partial charge is 0.264 e. The molecule has 21 heavy (non-hydrogen) atoms. The van der Waals surface area contributed by atoms with E-state index in [1.54, 1.807) is 0 Å². The minimum Gasteiger partial charge on any atom is -0.485 e. The average molecular weight is 356 g/mol. The van der Waals surface area contributed by atoms with Crippen LogP contribution in [-0.2, 0) is 4.79 Å². The van der Waals surface area contributed by atoms with Crippen molar-refractivity contribution in [3.05, 3.63) is 24.3 Å². The molecule has 1 aromatic carbocycles. The molecule has 0 aromatic heterocycles. The maximum atomic E-state index is 12.1. The van der Waals surface area contributed by atoms with Crippen LogP contribution in [0, 0.1) is 5.41 Å². The van der Waals surface area contributed by atoms with Gasteiger partial charge in [-0.3, -0.25) is 4.79 Å². The van der Waals surface area contributed by atoms with E-state index >= 15 is 0 Å². The highest BCUT2D eigenvalue weighted by molar-refractivity contribution is 9.09. The third-order valence-electron chi connectivity index (χ3n) is 3.13. The van der Waals surface area contributed by atoms with Crippen LogP contribution in [-0.4, -0.2) is 30.0 Å². The second-order valence-corrected chi connectivity index (χ2v) is 7.77. The molecule has 116 valence electrons. The lowest BCUT2D eigenvalue weighted by atomic mass is 9.90. The Labute approximate surface area is 134 Å². The number of benzene rings is 1. The van der Waals surface area contributed by atoms with Gasteiger partial charge in [0.15, 0.2) is 11.5 Å². The van der Waals surface area contributed by atoms with E-state index in [1.807, 2.05) is 24.3 Å². The van der Waals surface area contributed by atoms with Crippen molar-refractivity contribution in [2.45, 2.75) is 38.1 Å². The maximum absolute atomic E-state index is 12.1. The van der Waals surface area contributed by atoms with E-state index in [0.717, 1.165) is 6.42 Å². The van der Waals surface area contributed by atoms with Crippen molar-refractivity contribution in [3.8, 4) is 11.5 Å². The fourth-order valence-corrected chi connectivity index (χ4v) is 3.34. The van der Waals surface area contributed by atoms with Gasteiger partial charge in [-0.15, -0.1) is 0 Å². The average Bonchev–Trinajstić information content (AvgIpc) is 2.42. The van der Waals surface area contributed by atoms with Crippen LogP contribution in [0.4, 0.5) is 0 Å². The zero-order valence-corrected chi connectivity index (χ0v) is 14.3. The number of alkyl halides is 1. The lowest BCUT2D eigenvalue weighted by Crippen LogP contribution is -2.45. The predicted molar refractivity (Wildman–Crippen MR) is 86.1 cm³/mol. The minimum atomic E-state index is -0.589. The van der Waals surface area contributed by atoms with E-state index in [4.69, 9.17) is 9.47 Å². The largest absolute Gasteiger partial charge is 0.485 e. The second-order valence-electron chi connectivity index (χ2n) is 6.47. The van der Waals surface area contributed by atoms with Gasteiger partial charge >= 0.3 is 0 Å². The zero-order valence-electron chi connectivity index (χ0n) is 12.7. The molecule has 1 N–H and O–H groups in total. The molecule has 1 aromatic rings. The summed E-state index contributed by atoms with van der Waals surface area (Å²) in [4.78, 5) is 12.4. The molecule has 0 radical (unpaired) electrons. The molecule has 2 unspecified atom stereocenters. The third kappa shape index (κ3) is 4.92. The summed E-state index contributed by atoms with van der Waals surface area (Å²) in [5.74, 6) is 1.17. The normalized spacial score (nSPS) is 19.0. The Morgan fingerprint density at radius 1 is 1.38 bits per heavy atom. The Balaban J connectivity index is 1.82. The molecule has 2 rings (SSSR count). The number of para-hydroxylation sites is 2. The molecular weight excluding hydrogens is 334 g/mol. The van der Waals surface area contributed by atoms with Crippen LogP contribution in [0.3, 0.4) is 0 Å². The molecule has 1 amide bonds. The Bertz CT molecular complexity index is 499. The summed E-state index contributed by atoms with van der Waals surface area (Å²) < 4.78 is 11.2. The number of amides is 1. The van der Waals surface area contributed by atoms with Crippen molar-refractivity contribution in [2.24, 2.45) is 5.41 Å². The highest BCUT2D eigenvalue weighted by atomic mass is 79.9. The number of ether oxygens (including phenoxy) is 2. The molecule has 5 heteroatoms. The van der Waals surface area contributed by atoms with Crippen molar-refractivity contribution in [1.82, 2.24) is 5.32 Å². The van der Waals surface area contributed by atoms with Gasteiger partial charge in [0.25, 0.3) is 5.91 Å². The predicted octanol–water partition coefficient (Wildman–Crippen LogP) is 3.14. The lowest BCUT2D eigenvalue weighted by molar-refractivity contribution is -0.130. The molecule has 0 fully saturated rings. The van der Waals surface area contributed by atoms with E-state index in [9.17, 15) is 4.79 Å². The molecule has 2 atom stereocenters. The highest BCUT2D eigenvalue weighted by Gasteiger charge is 2.27. The van der Waals surface area contributed by atoms with Crippen LogP contribution in [0.2, 0.25) is 0 Å². The van der Waals surface area contributed by atoms with Gasteiger partial charge in [-0.2, -0.15) is 0 Å². The van der Waals surface area contributed by atoms with Crippen LogP contribution in [0.5, 0.6) is 11.5 Å². The van der Waals surface area contributed by atoms with Gasteiger partial charge in [0.1, 0.15) is 6.61 Å². The van der Waals surface area contributed by atoms with Gasteiger partial charge in [-0.1, -0.05) is 48.8 Å². The minimum absolute atomic E-state index is 0.136. The van der Waals surface area contributed by atoms with Crippen LogP contribution in [0.25, 0.3) is 0 Å². The van der Waals surface area contributed by atoms with Crippen LogP contribution in [0.1, 0.15) is 27.2 Å². The molecule has 0 aliphatic carbocycles. The van der Waals surface area contributed by atoms with Gasteiger partial charge < -0.3 is 14.8 Å². The maximum Gasteiger partial charge on any atom is 0.264 e. The quantitative estimate of drug-likeness (QED) is 0.844. The number of carbonyl (C=O) groups excluding carboxylic acids is 1. The summed E-state index contributed by atoms with van der Waals surface area (Å²) in [6, 6.07) is 7.38. The van der Waals surface area contributed by atoms with Gasteiger partial charge in [0.2, 0.25) is 6.10 Å². The van der Waals surface area contributed by atoms with E-state index in [2.05, 4.69) is 42.0 Å². The van der Waals surface area contributed by atoms with Gasteiger partial charge in [0, 0.05) is 11.4 Å². The zero-order chi connectivity index (χ0) is 15.5. The van der Waals surface area contributed by atoms with Gasteiger partial charge in [-0.05, 0) is 24.0 Å². The van der Waals surface area contributed by atoms with Gasteiger partial charge in [0.05, 0.1) is 0 Å². The molecule has 1 heterocycles. The Morgan fingerprint density at radius 3 is 2.71 bits per heavy atom. The van der Waals surface area contributed by atoms with Crippen LogP contribution in [0.15, 0.2) is 24.3 Å². The first-order chi connectivity index (χ1) is 9.85. The molecule has 4 nitrogen and oxygen atoms in total. The number of fused-ring (bicyclic) bond motifs is 1. The van der Waals surface area contributed by atoms with Crippen molar-refractivity contribution in [3.63, 3.8) is 0 Å². The fraction of sp³-hybridized carbons (Fsp3) is 0.562. The first-order valence-electron chi connectivity index (χ1n) is 7.15. The van der Waals surface area contributed by atoms with Crippen molar-refractivity contribution < 1.29 is 14.3 Å². The summed E-state index contributed by atoms with van der Waals surface area (Å²) in [6.45, 7) is 7.36. The summed E-state index contributed by atoms with van der Waals surface area (Å²) in [7, 11) is 0. The summed E-state index contributed by atoms with van der Waals surface area (Å²) in [5, 5.41) is 2.91. The number of halogens is 1. The van der Waals surface area contributed by atoms with Crippen molar-refractivity contribution in [1.29, 1.82) is 0 Å². The van der Waals surface area contributed by atoms with E-state index in [-0.39, 0.29) is 22.8 Å². The lowest BCUT2D eigenvalue weighted by Gasteiger charge is -2.26. The topological polar surface area (TPSA) is 47.6 Å². The highest BCUT2D eigenvalue weighted by Crippen LogP contribution is 2.31. The Hall–Kier alpha value is -1.23. The van der Waals surface area contributed by atoms with Crippen LogP contribution < -0.4 is 14.8 Å². The number of carbonyl (C=O) groups is 1. The summed E-state index contributed by atoms with van der Waals surface area (Å²) in [6.07, 6.45) is 0.396. The standard InChI is InChI=1S/C16H22BrNO3/c1-16(2,3)8-11(17)9-18-15(19)14-10-20-12-6-4-5-7-13(12)21-14/h4-7,11,14H,8-10H2,1-3H3,(H,18,19). The number of hydrogen-bond donors (Lipinski definition) is 1. The summed E-state index contributed by atoms with van der Waals surface area (Å²) >= 11 is 3.61. The summed E-state index contributed by atoms with van der Waals surface area (Å²) in [5.41, 5.74) is 0.224. The first-order valence-corrected chi connectivity index (χ1v) is 8.07. The molecule has 0 bridgehead atoms. The third-order valence-corrected chi connectivity index (χ3v) is 3.78. The second kappa shape index (κ2) is 6.69. The van der Waals surface area contributed by atoms with E-state index in [1.165, 1.54) is 0 Å². The Kier molecular flexibility index (Phi) is 5.14. The molecule has 1 aliphatic heterocycles. The number of rotatable bonds is 4. The fourth-order valence-electron chi connectivity index (χ4n) is 2.21. The van der Waals surface area contributed by atoms with E-state index in [0.29, 0.717) is 18.0 Å². The van der Waals surface area contributed by atoms with E-state index < -0.39 is 6.10 Å². The molecular formula is C16H22BrNO3. The number of nitrogens with one attached hydrogen (secondary N) is 1. The first kappa shape index (κ1) is 16.1. The van der Waals surface area contributed by atoms with Crippen molar-refractivity contribution in [2.75, 3.05) is 13.2 Å². The van der Waals surface area contributed by atoms with Gasteiger partial charge in [-0.25, -0.2) is 0 Å². The molecule has 0 spiro atoms. The van der Waals surface area contributed by atoms with Crippen LogP contribution >= 0.6 is 15.9 Å². The monoisotopic (exact) mass is 355 g/mol. The molecule has 0 saturated carbocycles.